The summed E-state index contributed by atoms with van der Waals surface area (Å²) < 4.78 is 1.45. The third-order valence-electron chi connectivity index (χ3n) is 6.43. The number of benzene rings is 2. The first-order valence-corrected chi connectivity index (χ1v) is 11.4. The minimum Gasteiger partial charge on any atom is -0.378 e. The molecule has 2 aromatic carbocycles. The molecule has 0 radical (unpaired) electrons. The lowest BCUT2D eigenvalue weighted by Gasteiger charge is -2.40. The van der Waals surface area contributed by atoms with Gasteiger partial charge in [0.05, 0.1) is 6.54 Å². The highest BCUT2D eigenvalue weighted by Gasteiger charge is 2.46. The molecular weight excluding hydrogens is 444 g/mol. The first-order valence-electron chi connectivity index (χ1n) is 11.4. The molecule has 2 heterocycles. The van der Waals surface area contributed by atoms with Gasteiger partial charge in [-0.15, -0.1) is 0 Å². The van der Waals surface area contributed by atoms with Gasteiger partial charge in [-0.25, -0.2) is 0 Å². The van der Waals surface area contributed by atoms with Gasteiger partial charge in [-0.2, -0.15) is 5.10 Å². The predicted molar refractivity (Wildman–Crippen MR) is 133 cm³/mol. The highest BCUT2D eigenvalue weighted by Crippen LogP contribution is 2.26. The van der Waals surface area contributed by atoms with E-state index in [0.29, 0.717) is 13.1 Å². The number of amides is 3. The minimum atomic E-state index is -1.15. The van der Waals surface area contributed by atoms with Crippen LogP contribution in [0.2, 0.25) is 0 Å². The highest BCUT2D eigenvalue weighted by molar-refractivity contribution is 6.01. The second-order valence-corrected chi connectivity index (χ2v) is 9.12. The molecular formula is C26H30N6O3. The number of carbonyl (C=O) groups is 3. The number of nitrogens with zero attached hydrogens (tertiary/aromatic N) is 4. The summed E-state index contributed by atoms with van der Waals surface area (Å²) in [5, 5.41) is 10.1. The number of carbonyl (C=O) groups excluding carboxylic acids is 3. The first-order chi connectivity index (χ1) is 16.7. The van der Waals surface area contributed by atoms with Crippen molar-refractivity contribution >= 4 is 23.4 Å². The van der Waals surface area contributed by atoms with Crippen LogP contribution in [0.5, 0.6) is 0 Å². The van der Waals surface area contributed by atoms with Gasteiger partial charge in [-0.05, 0) is 30.2 Å². The molecule has 9 nitrogen and oxygen atoms in total. The fourth-order valence-electron chi connectivity index (χ4n) is 3.99. The Hall–Kier alpha value is -4.14. The average Bonchev–Trinajstić information content (AvgIpc) is 3.29. The molecule has 0 saturated heterocycles. The number of anilines is 1. The van der Waals surface area contributed by atoms with Gasteiger partial charge < -0.3 is 20.4 Å². The minimum absolute atomic E-state index is 0.139. The van der Waals surface area contributed by atoms with E-state index < -0.39 is 5.54 Å². The smallest absolute Gasteiger partial charge is 0.272 e. The molecule has 1 atom stereocenters. The van der Waals surface area contributed by atoms with Gasteiger partial charge in [0.25, 0.3) is 11.8 Å². The van der Waals surface area contributed by atoms with E-state index in [0.717, 1.165) is 16.8 Å². The Morgan fingerprint density at radius 2 is 1.63 bits per heavy atom. The van der Waals surface area contributed by atoms with Crippen LogP contribution in [0.4, 0.5) is 5.69 Å². The molecule has 0 aliphatic carbocycles. The van der Waals surface area contributed by atoms with Crippen molar-refractivity contribution in [2.24, 2.45) is 0 Å². The summed E-state index contributed by atoms with van der Waals surface area (Å²) in [6.07, 6.45) is 0. The van der Waals surface area contributed by atoms with E-state index in [1.807, 2.05) is 73.6 Å². The van der Waals surface area contributed by atoms with Crippen molar-refractivity contribution in [3.05, 3.63) is 83.2 Å². The van der Waals surface area contributed by atoms with Gasteiger partial charge in [0.1, 0.15) is 11.2 Å². The summed E-state index contributed by atoms with van der Waals surface area (Å²) >= 11 is 0. The topological polar surface area (TPSA) is 99.6 Å². The standard InChI is InChI=1S/C26H30N6O3/c1-26(25(35)28-16-18-8-6-5-7-9-18)17-32-22(24(34)31(26)4)14-21(29-32)23(33)27-15-19-10-12-20(13-11-19)30(2)3/h5-14H,15-17H2,1-4H3,(H,27,33)(H,28,35)/t26-/m0/s1. The summed E-state index contributed by atoms with van der Waals surface area (Å²) in [6.45, 7) is 2.53. The fourth-order valence-corrected chi connectivity index (χ4v) is 3.99. The van der Waals surface area contributed by atoms with E-state index in [9.17, 15) is 14.4 Å². The molecule has 1 aliphatic rings. The van der Waals surface area contributed by atoms with Crippen LogP contribution >= 0.6 is 0 Å². The summed E-state index contributed by atoms with van der Waals surface area (Å²) in [4.78, 5) is 42.3. The molecule has 182 valence electrons. The van der Waals surface area contributed by atoms with Crippen molar-refractivity contribution < 1.29 is 14.4 Å². The SMILES string of the molecule is CN(C)c1ccc(CNC(=O)c2cc3n(n2)C[C@@](C)(C(=O)NCc2ccccc2)N(C)C3=O)cc1. The molecule has 1 aliphatic heterocycles. The largest absolute Gasteiger partial charge is 0.378 e. The van der Waals surface area contributed by atoms with Crippen LogP contribution in [0.1, 0.15) is 39.0 Å². The maximum Gasteiger partial charge on any atom is 0.272 e. The maximum absolute atomic E-state index is 13.1. The number of rotatable bonds is 7. The Labute approximate surface area is 204 Å². The van der Waals surface area contributed by atoms with Gasteiger partial charge in [0, 0.05) is 46.0 Å². The lowest BCUT2D eigenvalue weighted by atomic mass is 9.96. The predicted octanol–water partition coefficient (Wildman–Crippen LogP) is 2.04. The number of nitrogens with one attached hydrogen (secondary N) is 2. The Bertz CT molecular complexity index is 1240. The average molecular weight is 475 g/mol. The molecule has 0 spiro atoms. The molecule has 3 aromatic rings. The molecule has 1 aromatic heterocycles. The molecule has 9 heteroatoms. The summed E-state index contributed by atoms with van der Waals surface area (Å²) in [5.41, 5.74) is 2.25. The zero-order chi connectivity index (χ0) is 25.2. The fraction of sp³-hybridized carbons (Fsp3) is 0.308. The Kier molecular flexibility index (Phi) is 6.59. The summed E-state index contributed by atoms with van der Waals surface area (Å²) in [6, 6.07) is 18.9. The van der Waals surface area contributed by atoms with E-state index in [2.05, 4.69) is 15.7 Å². The highest BCUT2D eigenvalue weighted by atomic mass is 16.2. The summed E-state index contributed by atoms with van der Waals surface area (Å²) in [7, 11) is 5.53. The number of hydrogen-bond donors (Lipinski definition) is 2. The molecule has 3 amide bonds. The first kappa shape index (κ1) is 24.0. The van der Waals surface area contributed by atoms with E-state index >= 15 is 0 Å². The monoisotopic (exact) mass is 474 g/mol. The van der Waals surface area contributed by atoms with Crippen LogP contribution in [0.15, 0.2) is 60.7 Å². The van der Waals surface area contributed by atoms with Crippen LogP contribution in [-0.2, 0) is 24.4 Å². The van der Waals surface area contributed by atoms with Crippen LogP contribution in [0.25, 0.3) is 0 Å². The Balaban J connectivity index is 1.44. The number of hydrogen-bond acceptors (Lipinski definition) is 5. The summed E-state index contributed by atoms with van der Waals surface area (Å²) in [5.74, 6) is -1.03. The van der Waals surface area contributed by atoms with Crippen molar-refractivity contribution in [2.45, 2.75) is 32.1 Å². The second kappa shape index (κ2) is 9.61. The third kappa shape index (κ3) is 4.89. The van der Waals surface area contributed by atoms with Crippen LogP contribution in [-0.4, -0.2) is 59.1 Å². The molecule has 35 heavy (non-hydrogen) atoms. The van der Waals surface area contributed by atoms with Gasteiger partial charge in [0.2, 0.25) is 5.91 Å². The van der Waals surface area contributed by atoms with Crippen molar-refractivity contribution in [3.8, 4) is 0 Å². The second-order valence-electron chi connectivity index (χ2n) is 9.12. The number of likely N-dealkylation sites (N-methyl/N-ethyl adjacent to an activating group) is 1. The molecule has 0 saturated carbocycles. The number of fused-ring (bicyclic) bond motifs is 1. The third-order valence-corrected chi connectivity index (χ3v) is 6.43. The van der Waals surface area contributed by atoms with Crippen LogP contribution < -0.4 is 15.5 Å². The van der Waals surface area contributed by atoms with Crippen LogP contribution in [0.3, 0.4) is 0 Å². The van der Waals surface area contributed by atoms with Crippen molar-refractivity contribution in [1.82, 2.24) is 25.3 Å². The molecule has 0 bridgehead atoms. The van der Waals surface area contributed by atoms with E-state index in [-0.39, 0.29) is 35.7 Å². The quantitative estimate of drug-likeness (QED) is 0.546. The molecule has 4 rings (SSSR count). The molecule has 0 fully saturated rings. The van der Waals surface area contributed by atoms with E-state index in [1.54, 1.807) is 14.0 Å². The Morgan fingerprint density at radius 3 is 2.29 bits per heavy atom. The molecule has 0 unspecified atom stereocenters. The van der Waals surface area contributed by atoms with Crippen molar-refractivity contribution in [1.29, 1.82) is 0 Å². The molecule has 2 N–H and O–H groups in total. The maximum atomic E-state index is 13.1. The van der Waals surface area contributed by atoms with Crippen molar-refractivity contribution in [2.75, 3.05) is 26.0 Å². The Morgan fingerprint density at radius 1 is 1.00 bits per heavy atom. The zero-order valence-electron chi connectivity index (χ0n) is 20.4. The lowest BCUT2D eigenvalue weighted by molar-refractivity contribution is -0.132. The zero-order valence-corrected chi connectivity index (χ0v) is 20.4. The van der Waals surface area contributed by atoms with Crippen LogP contribution in [0, 0.1) is 0 Å². The van der Waals surface area contributed by atoms with Gasteiger partial charge in [-0.1, -0.05) is 42.5 Å². The van der Waals surface area contributed by atoms with Gasteiger partial charge in [0.15, 0.2) is 5.69 Å². The van der Waals surface area contributed by atoms with Gasteiger partial charge >= 0.3 is 0 Å². The van der Waals surface area contributed by atoms with E-state index in [1.165, 1.54) is 15.6 Å². The lowest BCUT2D eigenvalue weighted by Crippen LogP contribution is -2.62. The van der Waals surface area contributed by atoms with Gasteiger partial charge in [-0.3, -0.25) is 19.1 Å². The number of aromatic nitrogens is 2. The van der Waals surface area contributed by atoms with Crippen molar-refractivity contribution in [3.63, 3.8) is 0 Å². The normalized spacial score (nSPS) is 17.0. The van der Waals surface area contributed by atoms with E-state index in [4.69, 9.17) is 0 Å².